The van der Waals surface area contributed by atoms with Gasteiger partial charge in [0.1, 0.15) is 5.75 Å². The van der Waals surface area contributed by atoms with Crippen LogP contribution in [0.5, 0.6) is 5.75 Å². The van der Waals surface area contributed by atoms with Gasteiger partial charge in [0.15, 0.2) is 11.3 Å². The first-order chi connectivity index (χ1) is 16.4. The molecule has 0 aliphatic carbocycles. The molecule has 0 atom stereocenters. The Morgan fingerprint density at radius 3 is 2.37 bits per heavy atom. The van der Waals surface area contributed by atoms with Gasteiger partial charge in [0, 0.05) is 13.6 Å². The Bertz CT molecular complexity index is 1210. The van der Waals surface area contributed by atoms with Gasteiger partial charge in [0.25, 0.3) is 5.91 Å². The molecule has 1 heterocycles. The van der Waals surface area contributed by atoms with E-state index in [-0.39, 0.29) is 17.5 Å². The fourth-order valence-electron chi connectivity index (χ4n) is 3.74. The molecular weight excluding hydrogens is 466 g/mol. The van der Waals surface area contributed by atoms with Crippen LogP contribution in [0.4, 0.5) is 0 Å². The Hall–Kier alpha value is -3.32. The van der Waals surface area contributed by atoms with Crippen molar-refractivity contribution in [3.05, 3.63) is 69.9 Å². The third-order valence-corrected chi connectivity index (χ3v) is 5.90. The molecule has 186 valence electrons. The number of benzene rings is 2. The predicted molar refractivity (Wildman–Crippen MR) is 137 cm³/mol. The molecule has 2 N–H and O–H groups in total. The van der Waals surface area contributed by atoms with Gasteiger partial charge in [0.2, 0.25) is 0 Å². The molecule has 0 fully saturated rings. The van der Waals surface area contributed by atoms with Gasteiger partial charge in [-0.05, 0) is 67.5 Å². The van der Waals surface area contributed by atoms with Crippen molar-refractivity contribution in [2.75, 3.05) is 0 Å². The highest BCUT2D eigenvalue weighted by molar-refractivity contribution is 6.32. The van der Waals surface area contributed by atoms with Crippen molar-refractivity contribution < 1.29 is 19.4 Å². The number of aromatic nitrogens is 2. The van der Waals surface area contributed by atoms with E-state index in [0.29, 0.717) is 22.9 Å². The fourth-order valence-corrected chi connectivity index (χ4v) is 4.06. The summed E-state index contributed by atoms with van der Waals surface area (Å²) in [7, 11) is 1.81. The van der Waals surface area contributed by atoms with E-state index < -0.39 is 11.6 Å². The average molecular weight is 498 g/mol. The molecule has 2 aromatic carbocycles. The lowest BCUT2D eigenvalue weighted by molar-refractivity contribution is -0.152. The first-order valence-corrected chi connectivity index (χ1v) is 11.9. The number of rotatable bonds is 9. The number of ether oxygens (including phenoxy) is 1. The van der Waals surface area contributed by atoms with Crippen molar-refractivity contribution >= 4 is 23.5 Å². The molecule has 0 aliphatic rings. The zero-order valence-electron chi connectivity index (χ0n) is 21.0. The summed E-state index contributed by atoms with van der Waals surface area (Å²) in [5, 5.41) is 16.8. The second kappa shape index (κ2) is 10.5. The number of halogens is 1. The zero-order valence-corrected chi connectivity index (χ0v) is 21.7. The quantitative estimate of drug-likeness (QED) is 0.411. The van der Waals surface area contributed by atoms with Gasteiger partial charge < -0.3 is 15.2 Å². The van der Waals surface area contributed by atoms with Crippen molar-refractivity contribution in [3.8, 4) is 17.0 Å². The topological polar surface area (TPSA) is 93.5 Å². The van der Waals surface area contributed by atoms with Crippen LogP contribution in [0, 0.1) is 12.8 Å². The van der Waals surface area contributed by atoms with Gasteiger partial charge in [-0.15, -0.1) is 0 Å². The van der Waals surface area contributed by atoms with Crippen molar-refractivity contribution in [2.24, 2.45) is 13.0 Å². The largest absolute Gasteiger partial charge is 0.478 e. The molecule has 3 rings (SSSR count). The molecule has 3 aromatic rings. The second-order valence-corrected chi connectivity index (χ2v) is 10.1. The number of carbonyl (C=O) groups is 2. The summed E-state index contributed by atoms with van der Waals surface area (Å²) in [5.41, 5.74) is 3.47. The first kappa shape index (κ1) is 26.3. The van der Waals surface area contributed by atoms with E-state index in [2.05, 4.69) is 48.5 Å². The molecule has 1 aromatic heterocycles. The smallest absolute Gasteiger partial charge is 0.347 e. The van der Waals surface area contributed by atoms with Gasteiger partial charge in [-0.3, -0.25) is 9.48 Å². The van der Waals surface area contributed by atoms with Gasteiger partial charge in [-0.1, -0.05) is 55.8 Å². The number of hydrogen-bond donors (Lipinski definition) is 2. The van der Waals surface area contributed by atoms with Crippen molar-refractivity contribution in [1.29, 1.82) is 0 Å². The molecule has 0 unspecified atom stereocenters. The van der Waals surface area contributed by atoms with E-state index in [0.717, 1.165) is 23.2 Å². The number of nitrogens with zero attached hydrogens (tertiary/aromatic N) is 2. The Morgan fingerprint density at radius 1 is 1.14 bits per heavy atom. The maximum Gasteiger partial charge on any atom is 0.347 e. The van der Waals surface area contributed by atoms with E-state index in [9.17, 15) is 14.7 Å². The van der Waals surface area contributed by atoms with E-state index in [1.165, 1.54) is 19.4 Å². The Labute approximate surface area is 211 Å². The molecule has 0 aliphatic heterocycles. The summed E-state index contributed by atoms with van der Waals surface area (Å²) in [6.07, 6.45) is 1.02. The van der Waals surface area contributed by atoms with Gasteiger partial charge in [-0.25, -0.2) is 4.79 Å². The lowest BCUT2D eigenvalue weighted by Crippen LogP contribution is -2.38. The zero-order chi connectivity index (χ0) is 25.9. The third kappa shape index (κ3) is 6.42. The molecule has 8 heteroatoms. The van der Waals surface area contributed by atoms with Crippen LogP contribution in [0.1, 0.15) is 54.9 Å². The van der Waals surface area contributed by atoms with Crippen molar-refractivity contribution in [3.63, 3.8) is 0 Å². The molecule has 0 radical (unpaired) electrons. The lowest BCUT2D eigenvalue weighted by Gasteiger charge is -2.24. The highest BCUT2D eigenvalue weighted by Gasteiger charge is 2.31. The second-order valence-electron chi connectivity index (χ2n) is 9.66. The number of carbonyl (C=O) groups excluding carboxylic acids is 1. The molecular formula is C27H32ClN3O4. The van der Waals surface area contributed by atoms with Crippen LogP contribution in [0.3, 0.4) is 0 Å². The minimum Gasteiger partial charge on any atom is -0.478 e. The SMILES string of the molecule is Cc1cc(CNC(=O)c2cc(-c3ccc(CC(C)C)cc3)n(C)n2)cc(Cl)c1OC(C)(C)C(=O)O. The number of carboxylic acids is 1. The van der Waals surface area contributed by atoms with Crippen LogP contribution in [-0.2, 0) is 24.8 Å². The van der Waals surface area contributed by atoms with Gasteiger partial charge in [0.05, 0.1) is 10.7 Å². The van der Waals surface area contributed by atoms with Gasteiger partial charge in [-0.2, -0.15) is 5.10 Å². The van der Waals surface area contributed by atoms with E-state index in [4.69, 9.17) is 16.3 Å². The molecule has 0 spiro atoms. The maximum absolute atomic E-state index is 12.8. The van der Waals surface area contributed by atoms with Crippen LogP contribution < -0.4 is 10.1 Å². The Balaban J connectivity index is 1.70. The summed E-state index contributed by atoms with van der Waals surface area (Å²) in [5.74, 6) is -0.496. The average Bonchev–Trinajstić information content (AvgIpc) is 3.16. The van der Waals surface area contributed by atoms with E-state index in [1.54, 1.807) is 23.7 Å². The third-order valence-electron chi connectivity index (χ3n) is 5.62. The monoisotopic (exact) mass is 497 g/mol. The molecule has 0 bridgehead atoms. The molecule has 0 saturated heterocycles. The van der Waals surface area contributed by atoms with Crippen LogP contribution in [-0.4, -0.2) is 32.4 Å². The minimum atomic E-state index is -1.42. The van der Waals surface area contributed by atoms with E-state index in [1.807, 2.05) is 13.1 Å². The normalized spacial score (nSPS) is 11.5. The number of aliphatic carboxylic acids is 1. The number of nitrogens with one attached hydrogen (secondary N) is 1. The molecule has 7 nitrogen and oxygen atoms in total. The number of amides is 1. The summed E-state index contributed by atoms with van der Waals surface area (Å²) in [4.78, 5) is 24.2. The maximum atomic E-state index is 12.8. The first-order valence-electron chi connectivity index (χ1n) is 11.5. The fraction of sp³-hybridized carbons (Fsp3) is 0.370. The van der Waals surface area contributed by atoms with Gasteiger partial charge >= 0.3 is 5.97 Å². The highest BCUT2D eigenvalue weighted by Crippen LogP contribution is 2.33. The van der Waals surface area contributed by atoms with Crippen LogP contribution >= 0.6 is 11.6 Å². The summed E-state index contributed by atoms with van der Waals surface area (Å²) in [6, 6.07) is 13.6. The summed E-state index contributed by atoms with van der Waals surface area (Å²) < 4.78 is 7.33. The number of hydrogen-bond acceptors (Lipinski definition) is 4. The van der Waals surface area contributed by atoms with Crippen molar-refractivity contribution in [2.45, 2.75) is 53.2 Å². The van der Waals surface area contributed by atoms with Crippen LogP contribution in [0.15, 0.2) is 42.5 Å². The summed E-state index contributed by atoms with van der Waals surface area (Å²) in [6.45, 7) is 9.31. The molecule has 35 heavy (non-hydrogen) atoms. The lowest BCUT2D eigenvalue weighted by atomic mass is 10.0. The molecule has 0 saturated carbocycles. The standard InChI is InChI=1S/C27H32ClN3O4/c1-16(2)11-18-7-9-20(10-8-18)23-14-22(30-31(23)6)25(32)29-15-19-12-17(3)24(21(28)13-19)35-27(4,5)26(33)34/h7-10,12-14,16H,11,15H2,1-6H3,(H,29,32)(H,33,34). The summed E-state index contributed by atoms with van der Waals surface area (Å²) >= 11 is 6.36. The minimum absolute atomic E-state index is 0.234. The number of aryl methyl sites for hydroxylation is 2. The predicted octanol–water partition coefficient (Wildman–Crippen LogP) is 5.42. The van der Waals surface area contributed by atoms with Crippen LogP contribution in [0.2, 0.25) is 5.02 Å². The molecule has 1 amide bonds. The van der Waals surface area contributed by atoms with Crippen LogP contribution in [0.25, 0.3) is 11.3 Å². The van der Waals surface area contributed by atoms with Crippen molar-refractivity contribution in [1.82, 2.24) is 15.1 Å². The number of carboxylic acid groups (broad SMARTS) is 1. The Morgan fingerprint density at radius 2 is 1.80 bits per heavy atom. The Kier molecular flexibility index (Phi) is 7.90. The van der Waals surface area contributed by atoms with E-state index >= 15 is 0 Å². The highest BCUT2D eigenvalue weighted by atomic mass is 35.5.